The number of carbonyl (C=O) groups excluding carboxylic acids is 1. The fourth-order valence-electron chi connectivity index (χ4n) is 5.05. The summed E-state index contributed by atoms with van der Waals surface area (Å²) in [7, 11) is 0. The summed E-state index contributed by atoms with van der Waals surface area (Å²) in [6.45, 7) is 19.3. The molecule has 1 fully saturated rings. The second kappa shape index (κ2) is 12.7. The number of aromatic hydroxyl groups is 1. The van der Waals surface area contributed by atoms with Crippen LogP contribution in [0.25, 0.3) is 6.08 Å². The molecule has 0 amide bonds. The van der Waals surface area contributed by atoms with Crippen molar-refractivity contribution in [3.63, 3.8) is 0 Å². The maximum Gasteiger partial charge on any atom is 0.182 e. The third-order valence-corrected chi connectivity index (χ3v) is 7.06. The van der Waals surface area contributed by atoms with Crippen molar-refractivity contribution in [1.82, 2.24) is 4.90 Å². The summed E-state index contributed by atoms with van der Waals surface area (Å²) >= 11 is 0. The molecule has 2 aromatic carbocycles. The Morgan fingerprint density at radius 3 is 2.08 bits per heavy atom. The van der Waals surface area contributed by atoms with Crippen molar-refractivity contribution in [1.29, 1.82) is 5.41 Å². The van der Waals surface area contributed by atoms with Crippen LogP contribution in [0.15, 0.2) is 42.0 Å². The molecule has 3 rings (SSSR count). The number of halogens is 1. The summed E-state index contributed by atoms with van der Waals surface area (Å²) in [5.41, 5.74) is 3.54. The van der Waals surface area contributed by atoms with E-state index in [9.17, 15) is 9.90 Å². The van der Waals surface area contributed by atoms with Crippen molar-refractivity contribution >= 4 is 34.7 Å². The maximum atomic E-state index is 13.6. The van der Waals surface area contributed by atoms with Crippen LogP contribution in [-0.2, 0) is 10.8 Å². The smallest absolute Gasteiger partial charge is 0.182 e. The number of nitrogens with one attached hydrogen (secondary N) is 1. The molecular formula is C33H47BrN2O3. The van der Waals surface area contributed by atoms with Gasteiger partial charge in [-0.25, -0.2) is 0 Å². The van der Waals surface area contributed by atoms with E-state index >= 15 is 0 Å². The zero-order chi connectivity index (χ0) is 28.4. The molecule has 5 nitrogen and oxygen atoms in total. The van der Waals surface area contributed by atoms with Crippen LogP contribution >= 0.6 is 17.0 Å². The monoisotopic (exact) mass is 598 g/mol. The molecule has 1 aliphatic heterocycles. The number of carbonyl (C=O) groups is 1. The van der Waals surface area contributed by atoms with E-state index in [0.717, 1.165) is 40.9 Å². The Bertz CT molecular complexity index is 1170. The molecule has 6 heteroatoms. The first-order valence-electron chi connectivity index (χ1n) is 13.8. The number of ether oxygens (including phenoxy) is 1. The summed E-state index contributed by atoms with van der Waals surface area (Å²) in [4.78, 5) is 15.5. The van der Waals surface area contributed by atoms with E-state index in [1.54, 1.807) is 0 Å². The molecule has 1 unspecified atom stereocenters. The van der Waals surface area contributed by atoms with Crippen LogP contribution in [0, 0.1) is 11.3 Å². The largest absolute Gasteiger partial charge is 0.507 e. The lowest BCUT2D eigenvalue weighted by molar-refractivity contribution is 0.0963. The number of rotatable bonds is 8. The Morgan fingerprint density at radius 2 is 1.62 bits per heavy atom. The summed E-state index contributed by atoms with van der Waals surface area (Å²) in [5.74, 6) is 1.71. The van der Waals surface area contributed by atoms with Gasteiger partial charge in [0.05, 0.1) is 12.6 Å². The summed E-state index contributed by atoms with van der Waals surface area (Å²) in [5, 5.41) is 20.0. The van der Waals surface area contributed by atoms with Gasteiger partial charge >= 0.3 is 0 Å². The lowest BCUT2D eigenvalue weighted by atomic mass is 9.78. The number of benzene rings is 2. The lowest BCUT2D eigenvalue weighted by Crippen LogP contribution is -2.31. The number of hydrogen-bond donors (Lipinski definition) is 2. The molecule has 1 saturated heterocycles. The molecule has 0 aromatic heterocycles. The minimum Gasteiger partial charge on any atom is -0.507 e. The highest BCUT2D eigenvalue weighted by Crippen LogP contribution is 2.40. The van der Waals surface area contributed by atoms with Gasteiger partial charge in [-0.1, -0.05) is 67.0 Å². The predicted molar refractivity (Wildman–Crippen MR) is 168 cm³/mol. The van der Waals surface area contributed by atoms with Gasteiger partial charge in [0.1, 0.15) is 17.3 Å². The summed E-state index contributed by atoms with van der Waals surface area (Å²) in [6.07, 6.45) is 4.19. The van der Waals surface area contributed by atoms with Crippen LogP contribution in [0.4, 0.5) is 0 Å². The third kappa shape index (κ3) is 7.97. The Hall–Kier alpha value is -2.60. The van der Waals surface area contributed by atoms with E-state index in [1.165, 1.54) is 0 Å². The van der Waals surface area contributed by atoms with Gasteiger partial charge < -0.3 is 14.7 Å². The summed E-state index contributed by atoms with van der Waals surface area (Å²) < 4.78 is 5.76. The average molecular weight is 600 g/mol. The highest BCUT2D eigenvalue weighted by molar-refractivity contribution is 8.93. The molecule has 1 aliphatic rings. The molecule has 1 heterocycles. The normalized spacial score (nSPS) is 17.1. The highest BCUT2D eigenvalue weighted by Gasteiger charge is 2.34. The fourth-order valence-corrected chi connectivity index (χ4v) is 5.05. The number of nitrogens with zero attached hydrogens (tertiary/aromatic N) is 1. The summed E-state index contributed by atoms with van der Waals surface area (Å²) in [6, 6.07) is 11.7. The SMILES string of the molecule is Br.CCCC1CN(CC(=O)c2cc(C(C)(C)C)c(O)c(C(C)(C)C)c2)C(=N)/C1=C/c1ccc(OC(C)C)cc1. The zero-order valence-corrected chi connectivity index (χ0v) is 26.9. The quantitative estimate of drug-likeness (QED) is 0.299. The van der Waals surface area contributed by atoms with Crippen molar-refractivity contribution in [2.45, 2.75) is 92.1 Å². The van der Waals surface area contributed by atoms with Gasteiger partial charge in [0.25, 0.3) is 0 Å². The Morgan fingerprint density at radius 1 is 1.08 bits per heavy atom. The van der Waals surface area contributed by atoms with Gasteiger partial charge in [0.2, 0.25) is 0 Å². The van der Waals surface area contributed by atoms with Crippen LogP contribution in [0.5, 0.6) is 11.5 Å². The van der Waals surface area contributed by atoms with Gasteiger partial charge in [-0.05, 0) is 72.6 Å². The van der Waals surface area contributed by atoms with Crippen molar-refractivity contribution < 1.29 is 14.6 Å². The number of amidine groups is 1. The molecule has 0 bridgehead atoms. The number of hydrogen-bond acceptors (Lipinski definition) is 4. The number of likely N-dealkylation sites (tertiary alicyclic amines) is 1. The minimum atomic E-state index is -0.307. The van der Waals surface area contributed by atoms with Crippen LogP contribution in [0.3, 0.4) is 0 Å². The van der Waals surface area contributed by atoms with Crippen molar-refractivity contribution in [3.05, 3.63) is 64.2 Å². The number of Topliss-reactive ketones (excluding diaryl/α,β-unsaturated/α-hetero) is 1. The molecule has 0 saturated carbocycles. The van der Waals surface area contributed by atoms with E-state index in [-0.39, 0.29) is 57.9 Å². The molecule has 2 N–H and O–H groups in total. The topological polar surface area (TPSA) is 73.6 Å². The van der Waals surface area contributed by atoms with Crippen molar-refractivity contribution in [3.8, 4) is 11.5 Å². The molecule has 0 spiro atoms. The number of phenols is 1. The molecule has 214 valence electrons. The van der Waals surface area contributed by atoms with Gasteiger partial charge in [-0.15, -0.1) is 17.0 Å². The second-order valence-corrected chi connectivity index (χ2v) is 12.9. The zero-order valence-electron chi connectivity index (χ0n) is 25.1. The minimum absolute atomic E-state index is 0. The van der Waals surface area contributed by atoms with E-state index in [0.29, 0.717) is 17.9 Å². The predicted octanol–water partition coefficient (Wildman–Crippen LogP) is 8.33. The van der Waals surface area contributed by atoms with Gasteiger partial charge in [0, 0.05) is 29.2 Å². The molecule has 0 radical (unpaired) electrons. The standard InChI is InChI=1S/C33H46N2O3.BrH/c1-10-11-23-19-35(31(34)26(23)16-22-12-14-25(15-13-22)38-21(2)3)20-29(36)24-17-27(32(4,5)6)30(37)28(18-24)33(7,8)9;/h12-18,21,23,34,37H,10-11,19-20H2,1-9H3;1H/b26-16+,34-31?;. The fraction of sp³-hybridized carbons (Fsp3) is 0.515. The van der Waals surface area contributed by atoms with E-state index in [4.69, 9.17) is 10.1 Å². The Labute approximate surface area is 245 Å². The molecular weight excluding hydrogens is 552 g/mol. The van der Waals surface area contributed by atoms with Crippen molar-refractivity contribution in [2.75, 3.05) is 13.1 Å². The van der Waals surface area contributed by atoms with Gasteiger partial charge in [-0.2, -0.15) is 0 Å². The van der Waals surface area contributed by atoms with Crippen LogP contribution in [0.1, 0.15) is 102 Å². The average Bonchev–Trinajstić information content (AvgIpc) is 3.07. The number of phenolic OH excluding ortho intramolecular Hbond substituents is 1. The van der Waals surface area contributed by atoms with Crippen molar-refractivity contribution in [2.24, 2.45) is 5.92 Å². The van der Waals surface area contributed by atoms with E-state index in [1.807, 2.05) is 96.7 Å². The lowest BCUT2D eigenvalue weighted by Gasteiger charge is -2.28. The third-order valence-electron chi connectivity index (χ3n) is 7.06. The molecule has 2 aromatic rings. The van der Waals surface area contributed by atoms with Crippen LogP contribution in [0.2, 0.25) is 0 Å². The van der Waals surface area contributed by atoms with E-state index in [2.05, 4.69) is 13.0 Å². The molecule has 1 atom stereocenters. The molecule has 0 aliphatic carbocycles. The first kappa shape index (κ1) is 32.6. The first-order valence-corrected chi connectivity index (χ1v) is 13.8. The first-order chi connectivity index (χ1) is 17.6. The Kier molecular flexibility index (Phi) is 10.6. The van der Waals surface area contributed by atoms with Gasteiger partial charge in [0.15, 0.2) is 5.78 Å². The van der Waals surface area contributed by atoms with Crippen LogP contribution < -0.4 is 4.74 Å². The molecule has 39 heavy (non-hydrogen) atoms. The Balaban J connectivity index is 0.00000533. The van der Waals surface area contributed by atoms with Crippen LogP contribution in [-0.4, -0.2) is 40.8 Å². The second-order valence-electron chi connectivity index (χ2n) is 12.9. The maximum absolute atomic E-state index is 13.6. The number of ketones is 1. The van der Waals surface area contributed by atoms with E-state index < -0.39 is 0 Å². The highest BCUT2D eigenvalue weighted by atomic mass is 79.9. The van der Waals surface area contributed by atoms with Gasteiger partial charge in [-0.3, -0.25) is 10.2 Å².